The van der Waals surface area contributed by atoms with Gasteiger partial charge in [-0.3, -0.25) is 0 Å². The third kappa shape index (κ3) is 3.65. The number of methoxy groups -OCH3 is 2. The summed E-state index contributed by atoms with van der Waals surface area (Å²) in [6.45, 7) is 1.99. The lowest BCUT2D eigenvalue weighted by Crippen LogP contribution is -2.14. The molecule has 1 heterocycles. The normalized spacial score (nSPS) is 12.2. The number of hydrogen-bond donors (Lipinski definition) is 1. The summed E-state index contributed by atoms with van der Waals surface area (Å²) >= 11 is 3.32. The summed E-state index contributed by atoms with van der Waals surface area (Å²) in [5.41, 5.74) is 8.28. The van der Waals surface area contributed by atoms with E-state index in [0.717, 1.165) is 32.8 Å². The van der Waals surface area contributed by atoms with Gasteiger partial charge in [0.05, 0.1) is 14.2 Å². The number of aromatic nitrogens is 1. The molecule has 1 atom stereocenters. The van der Waals surface area contributed by atoms with Crippen molar-refractivity contribution in [3.05, 3.63) is 34.8 Å². The third-order valence-electron chi connectivity index (χ3n) is 2.82. The number of hydrogen-bond acceptors (Lipinski definition) is 6. The van der Waals surface area contributed by atoms with Crippen LogP contribution in [0.3, 0.4) is 0 Å². The molecule has 2 rings (SSSR count). The lowest BCUT2D eigenvalue weighted by atomic mass is 10.1. The predicted molar refractivity (Wildman–Crippen MR) is 84.0 cm³/mol. The number of thiazole rings is 1. The minimum absolute atomic E-state index is 0.106. The maximum absolute atomic E-state index is 6.25. The van der Waals surface area contributed by atoms with E-state index in [1.165, 1.54) is 0 Å². The number of nitrogens with two attached hydrogens (primary N) is 1. The largest absolute Gasteiger partial charge is 0.497 e. The lowest BCUT2D eigenvalue weighted by Gasteiger charge is -2.15. The van der Waals surface area contributed by atoms with E-state index in [1.807, 2.05) is 30.5 Å². The Morgan fingerprint density at radius 3 is 2.75 bits per heavy atom. The van der Waals surface area contributed by atoms with E-state index in [2.05, 4.69) is 4.98 Å². The molecule has 0 aliphatic rings. The minimum Gasteiger partial charge on any atom is -0.497 e. The molecule has 2 N–H and O–H groups in total. The third-order valence-corrected chi connectivity index (χ3v) is 5.08. The van der Waals surface area contributed by atoms with Gasteiger partial charge in [-0.15, -0.1) is 11.3 Å². The van der Waals surface area contributed by atoms with E-state index in [-0.39, 0.29) is 6.04 Å². The van der Waals surface area contributed by atoms with Gasteiger partial charge in [0.1, 0.15) is 15.8 Å². The van der Waals surface area contributed by atoms with Crippen molar-refractivity contribution in [3.8, 4) is 11.5 Å². The van der Waals surface area contributed by atoms with Crippen LogP contribution in [0.5, 0.6) is 11.5 Å². The molecule has 0 saturated carbocycles. The number of thioether (sulfide) groups is 1. The summed E-state index contributed by atoms with van der Waals surface area (Å²) in [6.07, 6.45) is 0. The number of benzene rings is 1. The fourth-order valence-electron chi connectivity index (χ4n) is 1.77. The van der Waals surface area contributed by atoms with Crippen LogP contribution in [-0.4, -0.2) is 25.0 Å². The van der Waals surface area contributed by atoms with E-state index in [4.69, 9.17) is 15.2 Å². The molecule has 0 amide bonds. The molecule has 1 aromatic carbocycles. The van der Waals surface area contributed by atoms with Crippen LogP contribution < -0.4 is 15.2 Å². The number of aryl methyl sites for hydroxylation is 1. The quantitative estimate of drug-likeness (QED) is 0.830. The van der Waals surface area contributed by atoms with Crippen molar-refractivity contribution in [2.45, 2.75) is 17.3 Å². The summed E-state index contributed by atoms with van der Waals surface area (Å²) in [5, 5.41) is 2.04. The Balaban J connectivity index is 2.06. The van der Waals surface area contributed by atoms with Crippen LogP contribution in [0.4, 0.5) is 0 Å². The Hall–Kier alpha value is -1.24. The standard InChI is InChI=1S/C14H18N2O2S2/c1-9-7-19-14(16-9)20-8-12(15)11-5-4-10(17-2)6-13(11)18-3/h4-7,12H,8,15H2,1-3H3. The first-order valence-electron chi connectivity index (χ1n) is 6.16. The molecule has 1 aromatic heterocycles. The van der Waals surface area contributed by atoms with Gasteiger partial charge < -0.3 is 15.2 Å². The van der Waals surface area contributed by atoms with E-state index in [9.17, 15) is 0 Å². The van der Waals surface area contributed by atoms with Crippen LogP contribution in [-0.2, 0) is 0 Å². The first kappa shape index (κ1) is 15.2. The molecule has 0 radical (unpaired) electrons. The molecule has 0 aliphatic heterocycles. The van der Waals surface area contributed by atoms with Crippen LogP contribution in [0, 0.1) is 6.92 Å². The number of nitrogens with zero attached hydrogens (tertiary/aromatic N) is 1. The van der Waals surface area contributed by atoms with Gasteiger partial charge in [0.2, 0.25) is 0 Å². The second kappa shape index (κ2) is 6.97. The van der Waals surface area contributed by atoms with Crippen molar-refractivity contribution in [3.63, 3.8) is 0 Å². The van der Waals surface area contributed by atoms with Gasteiger partial charge in [-0.1, -0.05) is 17.8 Å². The molecule has 108 valence electrons. The number of rotatable bonds is 6. The van der Waals surface area contributed by atoms with Crippen molar-refractivity contribution in [2.24, 2.45) is 5.73 Å². The molecule has 4 nitrogen and oxygen atoms in total. The minimum atomic E-state index is -0.106. The van der Waals surface area contributed by atoms with Gasteiger partial charge in [0.15, 0.2) is 0 Å². The monoisotopic (exact) mass is 310 g/mol. The molecular formula is C14H18N2O2S2. The van der Waals surface area contributed by atoms with Crippen molar-refractivity contribution >= 4 is 23.1 Å². The van der Waals surface area contributed by atoms with Crippen molar-refractivity contribution in [2.75, 3.05) is 20.0 Å². The lowest BCUT2D eigenvalue weighted by molar-refractivity contribution is 0.389. The second-order valence-electron chi connectivity index (χ2n) is 4.28. The molecule has 2 aromatic rings. The SMILES string of the molecule is COc1ccc(C(N)CSc2nc(C)cs2)c(OC)c1. The van der Waals surface area contributed by atoms with E-state index in [1.54, 1.807) is 37.3 Å². The van der Waals surface area contributed by atoms with Crippen LogP contribution in [0.15, 0.2) is 27.9 Å². The smallest absolute Gasteiger partial charge is 0.150 e. The molecule has 0 spiro atoms. The van der Waals surface area contributed by atoms with Gasteiger partial charge in [-0.25, -0.2) is 4.98 Å². The van der Waals surface area contributed by atoms with E-state index < -0.39 is 0 Å². The second-order valence-corrected chi connectivity index (χ2v) is 6.41. The highest BCUT2D eigenvalue weighted by atomic mass is 32.2. The Morgan fingerprint density at radius 2 is 2.15 bits per heavy atom. The van der Waals surface area contributed by atoms with Gasteiger partial charge in [-0.2, -0.15) is 0 Å². The fourth-order valence-corrected chi connectivity index (χ4v) is 3.63. The Labute approximate surface area is 127 Å². The average Bonchev–Trinajstić information content (AvgIpc) is 2.89. The summed E-state index contributed by atoms with van der Waals surface area (Å²) < 4.78 is 11.6. The highest BCUT2D eigenvalue weighted by Crippen LogP contribution is 2.32. The van der Waals surface area contributed by atoms with Crippen molar-refractivity contribution in [1.82, 2.24) is 4.98 Å². The van der Waals surface area contributed by atoms with Crippen LogP contribution in [0.2, 0.25) is 0 Å². The van der Waals surface area contributed by atoms with E-state index >= 15 is 0 Å². The zero-order valence-electron chi connectivity index (χ0n) is 11.8. The topological polar surface area (TPSA) is 57.4 Å². The summed E-state index contributed by atoms with van der Waals surface area (Å²) in [4.78, 5) is 4.42. The van der Waals surface area contributed by atoms with E-state index in [0.29, 0.717) is 0 Å². The summed E-state index contributed by atoms with van der Waals surface area (Å²) in [5.74, 6) is 2.28. The van der Waals surface area contributed by atoms with Gasteiger partial charge >= 0.3 is 0 Å². The van der Waals surface area contributed by atoms with Gasteiger partial charge in [-0.05, 0) is 13.0 Å². The molecule has 0 aliphatic carbocycles. The van der Waals surface area contributed by atoms with Crippen molar-refractivity contribution < 1.29 is 9.47 Å². The molecule has 6 heteroatoms. The highest BCUT2D eigenvalue weighted by molar-refractivity contribution is 8.01. The summed E-state index contributed by atoms with van der Waals surface area (Å²) in [6, 6.07) is 5.60. The Kier molecular flexibility index (Phi) is 5.28. The van der Waals surface area contributed by atoms with Gasteiger partial charge in [0.25, 0.3) is 0 Å². The maximum Gasteiger partial charge on any atom is 0.150 e. The molecule has 0 fully saturated rings. The zero-order valence-corrected chi connectivity index (χ0v) is 13.4. The molecule has 20 heavy (non-hydrogen) atoms. The van der Waals surface area contributed by atoms with Crippen LogP contribution in [0.1, 0.15) is 17.3 Å². The van der Waals surface area contributed by atoms with Crippen molar-refractivity contribution in [1.29, 1.82) is 0 Å². The highest BCUT2D eigenvalue weighted by Gasteiger charge is 2.14. The Bertz CT molecular complexity index is 572. The van der Waals surface area contributed by atoms with Gasteiger partial charge in [0, 0.05) is 34.5 Å². The van der Waals surface area contributed by atoms with Crippen LogP contribution >= 0.6 is 23.1 Å². The summed E-state index contributed by atoms with van der Waals surface area (Å²) in [7, 11) is 3.28. The van der Waals surface area contributed by atoms with Crippen LogP contribution in [0.25, 0.3) is 0 Å². The first-order valence-corrected chi connectivity index (χ1v) is 8.03. The maximum atomic E-state index is 6.25. The molecular weight excluding hydrogens is 292 g/mol. The zero-order chi connectivity index (χ0) is 14.5. The average molecular weight is 310 g/mol. The Morgan fingerprint density at radius 1 is 1.35 bits per heavy atom. The fraction of sp³-hybridized carbons (Fsp3) is 0.357. The molecule has 1 unspecified atom stereocenters. The predicted octanol–water partition coefficient (Wildman–Crippen LogP) is 3.26. The first-order chi connectivity index (χ1) is 9.63. The number of ether oxygens (including phenoxy) is 2. The molecule has 0 saturated heterocycles. The molecule has 0 bridgehead atoms.